The number of hydrogen-bond donors (Lipinski definition) is 1. The number of hydrogen-bond acceptors (Lipinski definition) is 3. The maximum absolute atomic E-state index is 12.6. The second-order valence-electron chi connectivity index (χ2n) is 3.53. The number of halogens is 3. The monoisotopic (exact) mass is 223 g/mol. The van der Waals surface area contributed by atoms with Crippen LogP contribution in [0.25, 0.3) is 0 Å². The lowest BCUT2D eigenvalue weighted by molar-refractivity contribution is -0.185. The van der Waals surface area contributed by atoms with Gasteiger partial charge in [0, 0.05) is 25.6 Å². The fraction of sp³-hybridized carbons (Fsp3) is 0.889. The molecule has 0 aliphatic carbocycles. The lowest BCUT2D eigenvalue weighted by Crippen LogP contribution is -2.53. The second kappa shape index (κ2) is 5.93. The van der Waals surface area contributed by atoms with Crippen LogP contribution >= 0.6 is 0 Å². The van der Waals surface area contributed by atoms with E-state index in [4.69, 9.17) is 11.0 Å². The standard InChI is InChI=1S/C9H16F3N3/c1-7(2)15(5-3-4-13)8(6-14)9(10,11)12/h7-8H,3,5-6,14H2,1-2H3. The Labute approximate surface area is 87.6 Å². The number of nitriles is 1. The highest BCUT2D eigenvalue weighted by molar-refractivity contribution is 4.84. The first-order chi connectivity index (χ1) is 6.84. The molecule has 0 fully saturated rings. The maximum Gasteiger partial charge on any atom is 0.405 e. The molecule has 88 valence electrons. The normalized spacial score (nSPS) is 14.3. The topological polar surface area (TPSA) is 53.0 Å². The number of nitrogens with two attached hydrogens (primary N) is 1. The van der Waals surface area contributed by atoms with Gasteiger partial charge < -0.3 is 5.73 Å². The Hall–Kier alpha value is -0.800. The van der Waals surface area contributed by atoms with E-state index in [2.05, 4.69) is 0 Å². The average molecular weight is 223 g/mol. The lowest BCUT2D eigenvalue weighted by Gasteiger charge is -2.34. The first kappa shape index (κ1) is 14.2. The molecular weight excluding hydrogens is 207 g/mol. The third-order valence-electron chi connectivity index (χ3n) is 2.15. The van der Waals surface area contributed by atoms with Gasteiger partial charge in [0.2, 0.25) is 0 Å². The van der Waals surface area contributed by atoms with E-state index in [-0.39, 0.29) is 19.0 Å². The molecule has 0 heterocycles. The molecule has 1 unspecified atom stereocenters. The lowest BCUT2D eigenvalue weighted by atomic mass is 10.1. The van der Waals surface area contributed by atoms with E-state index in [1.807, 2.05) is 6.07 Å². The van der Waals surface area contributed by atoms with Crippen LogP contribution < -0.4 is 5.73 Å². The minimum atomic E-state index is -4.34. The van der Waals surface area contributed by atoms with Crippen molar-refractivity contribution in [2.24, 2.45) is 5.73 Å². The molecule has 3 nitrogen and oxygen atoms in total. The van der Waals surface area contributed by atoms with Crippen molar-refractivity contribution in [3.63, 3.8) is 0 Å². The van der Waals surface area contributed by atoms with Crippen LogP contribution in [0.3, 0.4) is 0 Å². The molecule has 0 radical (unpaired) electrons. The summed E-state index contributed by atoms with van der Waals surface area (Å²) < 4.78 is 37.7. The van der Waals surface area contributed by atoms with Crippen LogP contribution in [0.15, 0.2) is 0 Å². The Morgan fingerprint density at radius 3 is 2.20 bits per heavy atom. The molecule has 0 aromatic heterocycles. The number of alkyl halides is 3. The zero-order valence-corrected chi connectivity index (χ0v) is 8.88. The molecule has 2 N–H and O–H groups in total. The van der Waals surface area contributed by atoms with Crippen LogP contribution in [0.1, 0.15) is 20.3 Å². The van der Waals surface area contributed by atoms with Gasteiger partial charge in [-0.3, -0.25) is 4.90 Å². The fourth-order valence-corrected chi connectivity index (χ4v) is 1.41. The smallest absolute Gasteiger partial charge is 0.329 e. The Morgan fingerprint density at radius 1 is 1.40 bits per heavy atom. The molecule has 0 aliphatic rings. The summed E-state index contributed by atoms with van der Waals surface area (Å²) in [6.45, 7) is 2.93. The van der Waals surface area contributed by atoms with E-state index in [1.165, 1.54) is 4.90 Å². The predicted octanol–water partition coefficient (Wildman–Crippen LogP) is 1.50. The SMILES string of the molecule is CC(C)N(CCC#N)C(CN)C(F)(F)F. The summed E-state index contributed by atoms with van der Waals surface area (Å²) in [5, 5.41) is 8.37. The summed E-state index contributed by atoms with van der Waals surface area (Å²) in [4.78, 5) is 1.21. The van der Waals surface area contributed by atoms with Gasteiger partial charge in [-0.2, -0.15) is 18.4 Å². The molecule has 0 saturated heterocycles. The first-order valence-electron chi connectivity index (χ1n) is 4.74. The summed E-state index contributed by atoms with van der Waals surface area (Å²) >= 11 is 0. The van der Waals surface area contributed by atoms with Crippen molar-refractivity contribution < 1.29 is 13.2 Å². The first-order valence-corrected chi connectivity index (χ1v) is 4.74. The van der Waals surface area contributed by atoms with Crippen LogP contribution in [0.4, 0.5) is 13.2 Å². The fourth-order valence-electron chi connectivity index (χ4n) is 1.41. The highest BCUT2D eigenvalue weighted by Crippen LogP contribution is 2.25. The van der Waals surface area contributed by atoms with Crippen molar-refractivity contribution in [3.05, 3.63) is 0 Å². The van der Waals surface area contributed by atoms with Crippen molar-refractivity contribution >= 4 is 0 Å². The summed E-state index contributed by atoms with van der Waals surface area (Å²) in [5.74, 6) is 0. The third-order valence-corrected chi connectivity index (χ3v) is 2.15. The van der Waals surface area contributed by atoms with E-state index in [1.54, 1.807) is 13.8 Å². The van der Waals surface area contributed by atoms with Gasteiger partial charge in [0.25, 0.3) is 0 Å². The molecule has 0 rings (SSSR count). The summed E-state index contributed by atoms with van der Waals surface area (Å²) in [5.41, 5.74) is 5.12. The molecule has 0 bridgehead atoms. The second-order valence-corrected chi connectivity index (χ2v) is 3.53. The van der Waals surface area contributed by atoms with E-state index in [9.17, 15) is 13.2 Å². The Balaban J connectivity index is 4.64. The highest BCUT2D eigenvalue weighted by atomic mass is 19.4. The van der Waals surface area contributed by atoms with Crippen molar-refractivity contribution in [1.29, 1.82) is 5.26 Å². The van der Waals surface area contributed by atoms with E-state index in [0.29, 0.717) is 0 Å². The minimum Gasteiger partial charge on any atom is -0.329 e. The average Bonchev–Trinajstić information content (AvgIpc) is 2.09. The summed E-state index contributed by atoms with van der Waals surface area (Å²) in [7, 11) is 0. The molecule has 0 aromatic rings. The van der Waals surface area contributed by atoms with Crippen LogP contribution in [0.2, 0.25) is 0 Å². The molecule has 0 spiro atoms. The largest absolute Gasteiger partial charge is 0.405 e. The maximum atomic E-state index is 12.6. The third kappa shape index (κ3) is 4.49. The number of rotatable bonds is 5. The summed E-state index contributed by atoms with van der Waals surface area (Å²) in [6, 6.07) is -0.111. The van der Waals surface area contributed by atoms with E-state index >= 15 is 0 Å². The van der Waals surface area contributed by atoms with Crippen LogP contribution in [-0.2, 0) is 0 Å². The van der Waals surface area contributed by atoms with Gasteiger partial charge in [-0.25, -0.2) is 0 Å². The van der Waals surface area contributed by atoms with Crippen molar-refractivity contribution in [2.75, 3.05) is 13.1 Å². The van der Waals surface area contributed by atoms with E-state index in [0.717, 1.165) is 0 Å². The van der Waals surface area contributed by atoms with Crippen LogP contribution in [0.5, 0.6) is 0 Å². The minimum absolute atomic E-state index is 0.0742. The zero-order valence-electron chi connectivity index (χ0n) is 8.88. The molecule has 6 heteroatoms. The Bertz CT molecular complexity index is 220. The van der Waals surface area contributed by atoms with Gasteiger partial charge in [0.15, 0.2) is 0 Å². The Morgan fingerprint density at radius 2 is 1.93 bits per heavy atom. The van der Waals surface area contributed by atoms with Gasteiger partial charge in [0.1, 0.15) is 6.04 Å². The van der Waals surface area contributed by atoms with Gasteiger partial charge >= 0.3 is 6.18 Å². The van der Waals surface area contributed by atoms with E-state index < -0.39 is 18.8 Å². The molecule has 0 aromatic carbocycles. The molecule has 0 aliphatic heterocycles. The van der Waals surface area contributed by atoms with Crippen molar-refractivity contribution in [2.45, 2.75) is 38.5 Å². The molecule has 0 saturated carbocycles. The van der Waals surface area contributed by atoms with Crippen LogP contribution in [-0.4, -0.2) is 36.2 Å². The van der Waals surface area contributed by atoms with Gasteiger partial charge in [-0.15, -0.1) is 0 Å². The number of nitrogens with zero attached hydrogens (tertiary/aromatic N) is 2. The Kier molecular flexibility index (Phi) is 5.61. The zero-order chi connectivity index (χ0) is 12.1. The van der Waals surface area contributed by atoms with Gasteiger partial charge in [0.05, 0.1) is 6.07 Å². The molecule has 0 amide bonds. The highest BCUT2D eigenvalue weighted by Gasteiger charge is 2.43. The summed E-state index contributed by atoms with van der Waals surface area (Å²) in [6.07, 6.45) is -4.26. The van der Waals surface area contributed by atoms with Gasteiger partial charge in [-0.1, -0.05) is 0 Å². The van der Waals surface area contributed by atoms with Crippen LogP contribution in [0, 0.1) is 11.3 Å². The van der Waals surface area contributed by atoms with Crippen molar-refractivity contribution in [1.82, 2.24) is 4.90 Å². The van der Waals surface area contributed by atoms with Gasteiger partial charge in [-0.05, 0) is 13.8 Å². The van der Waals surface area contributed by atoms with Crippen molar-refractivity contribution in [3.8, 4) is 6.07 Å². The molecule has 15 heavy (non-hydrogen) atoms. The molecule has 1 atom stereocenters. The molecular formula is C9H16F3N3. The predicted molar refractivity (Wildman–Crippen MR) is 51.0 cm³/mol. The quantitative estimate of drug-likeness (QED) is 0.768.